The van der Waals surface area contributed by atoms with Gasteiger partial charge in [-0.25, -0.2) is 4.79 Å². The lowest BCUT2D eigenvalue weighted by molar-refractivity contribution is -0.144. The second-order valence-corrected chi connectivity index (χ2v) is 16.5. The molecule has 1 fully saturated rings. The topological polar surface area (TPSA) is 158 Å². The van der Waals surface area contributed by atoms with E-state index in [1.54, 1.807) is 23.8 Å². The van der Waals surface area contributed by atoms with E-state index in [1.807, 2.05) is 72.9 Å². The van der Waals surface area contributed by atoms with Gasteiger partial charge in [0.05, 0.1) is 37.3 Å². The number of hydrogen-bond donors (Lipinski definition) is 3. The molecule has 0 aromatic heterocycles. The Kier molecular flexibility index (Phi) is 20.3. The molecular formula is C43H73N5O8. The van der Waals surface area contributed by atoms with Gasteiger partial charge in [-0.3, -0.25) is 24.1 Å². The van der Waals surface area contributed by atoms with Crippen LogP contribution in [0.3, 0.4) is 0 Å². The Morgan fingerprint density at radius 1 is 0.946 bits per heavy atom. The van der Waals surface area contributed by atoms with Crippen LogP contribution in [0.4, 0.5) is 0 Å². The summed E-state index contributed by atoms with van der Waals surface area (Å²) < 4.78 is 11.8. The average molecular weight is 788 g/mol. The molecule has 0 radical (unpaired) electrons. The van der Waals surface area contributed by atoms with Crippen LogP contribution in [-0.4, -0.2) is 127 Å². The van der Waals surface area contributed by atoms with Crippen molar-refractivity contribution in [2.45, 2.75) is 137 Å². The number of unbranched alkanes of at least 4 members (excludes halogenated alkanes) is 1. The van der Waals surface area contributed by atoms with Crippen LogP contribution in [0.25, 0.3) is 0 Å². The third-order valence-corrected chi connectivity index (χ3v) is 11.6. The van der Waals surface area contributed by atoms with Crippen LogP contribution in [0, 0.1) is 29.6 Å². The number of carbonyl (C=O) groups is 5. The molecule has 3 N–H and O–H groups in total. The maximum atomic E-state index is 14.3. The first-order valence-electron chi connectivity index (χ1n) is 20.7. The number of carbonyl (C=O) groups excluding carboxylic acids is 4. The van der Waals surface area contributed by atoms with E-state index in [0.717, 1.165) is 19.4 Å². The molecule has 13 nitrogen and oxygen atoms in total. The first-order chi connectivity index (χ1) is 26.4. The second-order valence-electron chi connectivity index (χ2n) is 16.5. The van der Waals surface area contributed by atoms with E-state index in [1.165, 1.54) is 20.3 Å². The Hall–Kier alpha value is -3.71. The highest BCUT2D eigenvalue weighted by atomic mass is 16.5. The zero-order valence-corrected chi connectivity index (χ0v) is 36.2. The minimum absolute atomic E-state index is 0.00261. The highest BCUT2D eigenvalue weighted by Gasteiger charge is 2.42. The molecule has 1 saturated heterocycles. The number of nitrogens with one attached hydrogen (secondary N) is 2. The van der Waals surface area contributed by atoms with Crippen molar-refractivity contribution in [3.05, 3.63) is 36.1 Å². The molecule has 1 unspecified atom stereocenters. The van der Waals surface area contributed by atoms with Crippen molar-refractivity contribution in [1.82, 2.24) is 25.3 Å². The molecule has 0 aromatic rings. The zero-order valence-electron chi connectivity index (χ0n) is 36.2. The van der Waals surface area contributed by atoms with Gasteiger partial charge in [0.15, 0.2) is 0 Å². The Morgan fingerprint density at radius 2 is 1.62 bits per heavy atom. The lowest BCUT2D eigenvalue weighted by atomic mass is 9.91. The molecule has 318 valence electrons. The molecule has 0 aromatic carbocycles. The van der Waals surface area contributed by atoms with Crippen LogP contribution in [0.2, 0.25) is 0 Å². The second kappa shape index (κ2) is 23.5. The van der Waals surface area contributed by atoms with Crippen molar-refractivity contribution in [3.8, 4) is 0 Å². The third kappa shape index (κ3) is 13.2. The molecule has 1 aliphatic carbocycles. The fourth-order valence-corrected chi connectivity index (χ4v) is 8.10. The molecule has 4 amide bonds. The largest absolute Gasteiger partial charge is 0.499 e. The smallest absolute Gasteiger partial charge is 0.326 e. The lowest BCUT2D eigenvalue weighted by Crippen LogP contribution is -2.58. The summed E-state index contributed by atoms with van der Waals surface area (Å²) >= 11 is 0. The van der Waals surface area contributed by atoms with Crippen LogP contribution in [-0.2, 0) is 33.4 Å². The number of amides is 4. The van der Waals surface area contributed by atoms with Gasteiger partial charge in [0.25, 0.3) is 0 Å². The van der Waals surface area contributed by atoms with Crippen LogP contribution >= 0.6 is 0 Å². The van der Waals surface area contributed by atoms with Crippen LogP contribution in [0.15, 0.2) is 36.1 Å². The minimum Gasteiger partial charge on any atom is -0.499 e. The number of hydrogen-bond acceptors (Lipinski definition) is 8. The number of ether oxygens (including phenoxy) is 2. The summed E-state index contributed by atoms with van der Waals surface area (Å²) in [6.07, 6.45) is 13.4. The number of allylic oxidation sites excluding steroid dienone is 4. The molecule has 2 rings (SSSR count). The molecule has 1 aliphatic heterocycles. The zero-order chi connectivity index (χ0) is 42.3. The Bertz CT molecular complexity index is 1400. The van der Waals surface area contributed by atoms with Gasteiger partial charge >= 0.3 is 5.97 Å². The van der Waals surface area contributed by atoms with E-state index in [4.69, 9.17) is 9.47 Å². The van der Waals surface area contributed by atoms with Crippen molar-refractivity contribution >= 4 is 29.6 Å². The number of carboxylic acid groups (broad SMARTS) is 1. The van der Waals surface area contributed by atoms with Crippen LogP contribution in [0.1, 0.15) is 100 Å². The Labute approximate surface area is 336 Å². The van der Waals surface area contributed by atoms with Gasteiger partial charge in [-0.05, 0) is 69.4 Å². The lowest BCUT2D eigenvalue weighted by Gasteiger charge is -2.38. The quantitative estimate of drug-likeness (QED) is 0.0956. The Morgan fingerprint density at radius 3 is 2.14 bits per heavy atom. The van der Waals surface area contributed by atoms with E-state index in [2.05, 4.69) is 22.5 Å². The number of carboxylic acids is 1. The number of likely N-dealkylation sites (tertiary alicyclic amines) is 1. The molecule has 9 atom stereocenters. The highest BCUT2D eigenvalue weighted by molar-refractivity contribution is 5.91. The van der Waals surface area contributed by atoms with Gasteiger partial charge in [0.1, 0.15) is 17.8 Å². The summed E-state index contributed by atoms with van der Waals surface area (Å²) in [6.45, 7) is 16.9. The Balaban J connectivity index is 2.33. The highest BCUT2D eigenvalue weighted by Crippen LogP contribution is 2.29. The van der Waals surface area contributed by atoms with Crippen molar-refractivity contribution in [1.29, 1.82) is 0 Å². The minimum atomic E-state index is -1.10. The third-order valence-electron chi connectivity index (χ3n) is 11.6. The molecule has 13 heteroatoms. The number of likely N-dealkylation sites (N-methyl/N-ethyl adjacent to an activating group) is 2. The summed E-state index contributed by atoms with van der Waals surface area (Å²) in [7, 11) is 6.62. The molecule has 0 bridgehead atoms. The van der Waals surface area contributed by atoms with Gasteiger partial charge in [-0.15, -0.1) is 0 Å². The first kappa shape index (κ1) is 48.4. The summed E-state index contributed by atoms with van der Waals surface area (Å²) in [5.41, 5.74) is 0. The summed E-state index contributed by atoms with van der Waals surface area (Å²) in [6, 6.07) is -3.33. The average Bonchev–Trinajstić information content (AvgIpc) is 3.65. The molecule has 56 heavy (non-hydrogen) atoms. The standard InChI is InChI=1S/C43H73N5O8/c1-13-15-23-46(9)37(28(5)6)41(51)45-36(27(3)4)42(52)47(10)38(29(7)14-2)34(55-11)26-35(49)48-24-19-22-33(48)39(56-12)30(8)40(50)44-32(43(53)54)25-31-20-17-16-18-21-31/h16-18,20,26-33,36-39H,13-15,19,21-25H2,1-12H3,(H,44,50)(H,45,51)(H,53,54)/b34-26-/t29-,30+,31?,32-,33-,36-,37-,38-,39+/m0/s1. The van der Waals surface area contributed by atoms with Crippen molar-refractivity contribution in [2.24, 2.45) is 29.6 Å². The molecule has 1 heterocycles. The molecule has 2 aliphatic rings. The van der Waals surface area contributed by atoms with E-state index in [-0.39, 0.29) is 47.8 Å². The van der Waals surface area contributed by atoms with Gasteiger partial charge in [-0.1, -0.05) is 92.5 Å². The van der Waals surface area contributed by atoms with Gasteiger partial charge < -0.3 is 35.0 Å². The normalized spacial score (nSPS) is 21.0. The fourth-order valence-electron chi connectivity index (χ4n) is 8.10. The van der Waals surface area contributed by atoms with E-state index >= 15 is 0 Å². The van der Waals surface area contributed by atoms with Gasteiger partial charge in [0, 0.05) is 26.8 Å². The van der Waals surface area contributed by atoms with Crippen LogP contribution < -0.4 is 10.6 Å². The van der Waals surface area contributed by atoms with E-state index in [9.17, 15) is 29.1 Å². The van der Waals surface area contributed by atoms with Gasteiger partial charge in [-0.2, -0.15) is 0 Å². The number of aliphatic carboxylic acids is 1. The van der Waals surface area contributed by atoms with Gasteiger partial charge in [0.2, 0.25) is 23.6 Å². The number of nitrogens with zero attached hydrogens (tertiary/aromatic N) is 3. The van der Waals surface area contributed by atoms with Crippen molar-refractivity contribution in [3.63, 3.8) is 0 Å². The van der Waals surface area contributed by atoms with Crippen molar-refractivity contribution < 1.29 is 38.6 Å². The SMILES string of the molecule is CCCCN(C)[C@H](C(=O)N[C@H](C(=O)N(C)[C@H](/C(=C/C(=O)N1CCC[C@H]1[C@H](OC)[C@@H](C)C(=O)N[C@@H](CC1C=CC=CC1)C(=O)O)OC)[C@@H](C)CC)C(C)C)C(C)C. The maximum Gasteiger partial charge on any atom is 0.326 e. The summed E-state index contributed by atoms with van der Waals surface area (Å²) in [4.78, 5) is 73.3. The maximum absolute atomic E-state index is 14.3. The summed E-state index contributed by atoms with van der Waals surface area (Å²) in [5, 5.41) is 15.7. The molecule has 0 spiro atoms. The predicted octanol–water partition coefficient (Wildman–Crippen LogP) is 5.02. The number of rotatable bonds is 23. The van der Waals surface area contributed by atoms with E-state index < -0.39 is 54.1 Å². The summed E-state index contributed by atoms with van der Waals surface area (Å²) in [5.74, 6) is -3.08. The molecular weight excluding hydrogens is 715 g/mol. The number of methoxy groups -OCH3 is 2. The van der Waals surface area contributed by atoms with Crippen molar-refractivity contribution in [2.75, 3.05) is 41.4 Å². The van der Waals surface area contributed by atoms with Crippen LogP contribution in [0.5, 0.6) is 0 Å². The monoisotopic (exact) mass is 788 g/mol. The van der Waals surface area contributed by atoms with E-state index in [0.29, 0.717) is 38.0 Å². The fraction of sp³-hybridized carbons (Fsp3) is 0.744. The predicted molar refractivity (Wildman–Crippen MR) is 219 cm³/mol. The molecule has 0 saturated carbocycles. The first-order valence-corrected chi connectivity index (χ1v) is 20.7.